The molecule has 0 unspecified atom stereocenters. The van der Waals surface area contributed by atoms with Crippen LogP contribution in [0.1, 0.15) is 315 Å². The van der Waals surface area contributed by atoms with Gasteiger partial charge in [0.05, 0.1) is 12.2 Å². The smallest absolute Gasteiger partial charge is 0.418 e. The molecule has 7 heterocycles. The van der Waals surface area contributed by atoms with E-state index in [-0.39, 0.29) is 76.1 Å². The van der Waals surface area contributed by atoms with Crippen molar-refractivity contribution in [1.82, 2.24) is 19.2 Å². The molecule has 740 valence electrons. The lowest BCUT2D eigenvalue weighted by Crippen LogP contribution is -2.56. The molecule has 0 atom stereocenters. The molecule has 11 aromatic carbocycles. The van der Waals surface area contributed by atoms with Crippen molar-refractivity contribution in [2.24, 2.45) is 0 Å². The molecule has 6 aliphatic heterocycles. The van der Waals surface area contributed by atoms with E-state index in [2.05, 4.69) is 407 Å². The first-order valence-electron chi connectivity index (χ1n) is 52.3. The third-order valence-corrected chi connectivity index (χ3v) is 41.4. The van der Waals surface area contributed by atoms with Crippen LogP contribution in [-0.4, -0.2) is 70.6 Å². The summed E-state index contributed by atoms with van der Waals surface area (Å²) in [7, 11) is -1.26. The van der Waals surface area contributed by atoms with E-state index < -0.39 is 34.1 Å². The largest absolute Gasteiger partial charge is 0.427 e. The van der Waals surface area contributed by atoms with Crippen molar-refractivity contribution in [3.05, 3.63) is 361 Å². The van der Waals surface area contributed by atoms with Crippen molar-refractivity contribution in [3.63, 3.8) is 0 Å². The van der Waals surface area contributed by atoms with Gasteiger partial charge in [-0.05, 0) is 277 Å². The Labute approximate surface area is 855 Å². The normalized spacial score (nSPS) is 23.3. The lowest BCUT2D eigenvalue weighted by atomic mass is 9.72. The molecule has 143 heavy (non-hydrogen) atoms. The Morgan fingerprint density at radius 3 is 0.944 bits per heavy atom. The molecule has 0 amide bonds. The molecule has 4 spiro atoms. The number of hydrogen-bond acceptors (Lipinski definition) is 14. The number of anilines is 2. The van der Waals surface area contributed by atoms with Gasteiger partial charge in [0.1, 0.15) is 51.8 Å². The van der Waals surface area contributed by atoms with Gasteiger partial charge in [0, 0.05) is 117 Å². The second-order valence-corrected chi connectivity index (χ2v) is 55.4. The molecule has 14 aliphatic rings. The van der Waals surface area contributed by atoms with Crippen molar-refractivity contribution in [3.8, 4) is 46.0 Å². The maximum atomic E-state index is 7.08. The van der Waals surface area contributed by atoms with Crippen molar-refractivity contribution in [2.45, 2.75) is 292 Å². The zero-order valence-corrected chi connectivity index (χ0v) is 91.5. The number of benzene rings is 11. The average molecular weight is 1980 g/mol. The Kier molecular flexibility index (Phi) is 23.1. The van der Waals surface area contributed by atoms with Crippen LogP contribution < -0.4 is 45.5 Å². The Balaban J connectivity index is 0.000000106. The number of hydrogen-bond donors (Lipinski definition) is 0. The molecular formula is C125H142N6O8P4. The summed E-state index contributed by atoms with van der Waals surface area (Å²) < 4.78 is 65.1. The van der Waals surface area contributed by atoms with Gasteiger partial charge < -0.3 is 41.1 Å². The van der Waals surface area contributed by atoms with Crippen LogP contribution in [0.4, 0.5) is 11.5 Å². The quantitative estimate of drug-likeness (QED) is 0.0959. The van der Waals surface area contributed by atoms with Gasteiger partial charge in [-0.25, -0.2) is 14.3 Å². The lowest BCUT2D eigenvalue weighted by Gasteiger charge is -2.53. The second kappa shape index (κ2) is 34.3. The van der Waals surface area contributed by atoms with Crippen LogP contribution >= 0.6 is 34.1 Å². The minimum atomic E-state index is -1.55. The van der Waals surface area contributed by atoms with Crippen LogP contribution in [0.5, 0.6) is 46.0 Å². The number of rotatable bonds is 10. The molecular weight excluding hydrogens is 1840 g/mol. The zero-order valence-electron chi connectivity index (χ0n) is 88.0. The molecule has 1 aromatic heterocycles. The third-order valence-electron chi connectivity index (χ3n) is 34.9. The minimum absolute atomic E-state index is 0.0121. The van der Waals surface area contributed by atoms with E-state index in [4.69, 9.17) is 41.2 Å². The van der Waals surface area contributed by atoms with Crippen LogP contribution in [0.25, 0.3) is 12.2 Å². The van der Waals surface area contributed by atoms with E-state index in [1.165, 1.54) is 107 Å². The van der Waals surface area contributed by atoms with Gasteiger partial charge in [-0.15, -0.1) is 0 Å². The van der Waals surface area contributed by atoms with Crippen LogP contribution in [0.15, 0.2) is 255 Å². The number of nitrogens with zero attached hydrogens (tertiary/aromatic N) is 6. The predicted molar refractivity (Wildman–Crippen MR) is 588 cm³/mol. The molecule has 0 radical (unpaired) electrons. The Morgan fingerprint density at radius 2 is 0.608 bits per heavy atom. The second-order valence-electron chi connectivity index (χ2n) is 50.0. The summed E-state index contributed by atoms with van der Waals surface area (Å²) in [5.74, 6) is 8.87. The molecule has 14 nitrogen and oxygen atoms in total. The summed E-state index contributed by atoms with van der Waals surface area (Å²) in [5.41, 5.74) is 27.5. The molecule has 26 rings (SSSR count). The molecule has 0 N–H and O–H groups in total. The summed E-state index contributed by atoms with van der Waals surface area (Å²) >= 11 is 0. The van der Waals surface area contributed by atoms with E-state index in [0.29, 0.717) is 6.54 Å². The highest BCUT2D eigenvalue weighted by Gasteiger charge is 2.66. The Morgan fingerprint density at radius 1 is 0.308 bits per heavy atom. The number of aromatic nitrogens is 1. The van der Waals surface area contributed by atoms with E-state index >= 15 is 0 Å². The van der Waals surface area contributed by atoms with Gasteiger partial charge in [-0.1, -0.05) is 305 Å². The number of para-hydroxylation sites is 1. The predicted octanol–water partition coefficient (Wildman–Crippen LogP) is 32.0. The molecule has 2 saturated heterocycles. The van der Waals surface area contributed by atoms with Gasteiger partial charge in [0.25, 0.3) is 0 Å². The van der Waals surface area contributed by atoms with Crippen molar-refractivity contribution < 1.29 is 36.2 Å². The van der Waals surface area contributed by atoms with E-state index in [0.717, 1.165) is 153 Å². The van der Waals surface area contributed by atoms with Crippen LogP contribution in [0.2, 0.25) is 0 Å². The molecule has 0 bridgehead atoms. The van der Waals surface area contributed by atoms with Gasteiger partial charge in [0.2, 0.25) is 0 Å². The first-order chi connectivity index (χ1) is 68.0. The Hall–Kier alpha value is -10.1. The van der Waals surface area contributed by atoms with Crippen LogP contribution in [-0.2, 0) is 71.5 Å². The van der Waals surface area contributed by atoms with Crippen LogP contribution in [0.3, 0.4) is 0 Å². The summed E-state index contributed by atoms with van der Waals surface area (Å²) in [4.78, 5) is 7.11. The number of pyridine rings is 1. The Bertz CT molecular complexity index is 6730. The van der Waals surface area contributed by atoms with Gasteiger partial charge in [0.15, 0.2) is 0 Å². The van der Waals surface area contributed by atoms with E-state index in [1.54, 1.807) is 0 Å². The lowest BCUT2D eigenvalue weighted by molar-refractivity contribution is 0.0436. The SMILES string of the molecule is CC1(C)CC23CC(C)(C)c4cccc(c42)OP(N(Cc2ccccc2)c2ccccn2)Oc2cccc1c23.CC1(C)CC23CC(C)(C)c4cccc(c42)OP(N2C(C)(C)CCCC2(C)C)Oc2cccc1c23.CN(c1ccccc1/C=C/c1ccccc1)P1Oc2cccc3c2C2(CC3(C)C)CC(C)(C)c3cccc(c32)O1.CN1CCN(P2Oc3cccc4c3C3(CC4(C)C)CC(C)(C)c4cccc(c43)O2)CC1. The average Bonchev–Trinajstić information content (AvgIpc) is 1.53. The topological polar surface area (TPSA) is 103 Å². The monoisotopic (exact) mass is 1980 g/mol. The van der Waals surface area contributed by atoms with Crippen LogP contribution in [0, 0.1) is 0 Å². The van der Waals surface area contributed by atoms with Crippen molar-refractivity contribution in [2.75, 3.05) is 49.6 Å². The first kappa shape index (κ1) is 96.4. The standard InChI is InChI=1S/C36H36NO2P.C33H33N2O2P.C30H40NO2P.C26H33N2O2P/c1-34(2)23-36-24-35(3,4)28-17-12-20-31(33(28)36)39-40(38-30-19-11-16-27(34)32(30)36)37(5)29-18-10-9-15-26(29)22-21-25-13-7-6-8-14-25;1-31(2)21-33-22-32(3,4)25-15-11-17-27(30(25)33)37-38(36-26-16-10-14-24(31)29(26)33)35(28-18-8-9-19-34-28)20-23-12-6-5-7-13-23;1-26(2)18-30-19-27(3,4)21-13-10-15-23(25(21)30)33-34(32-22-14-9-12-20(26)24(22)30)31-28(5,6)16-11-17-29(31,7)8;1-24(2)16-26-17-25(3,4)19-9-7-11-21(23(19)26)30-31(28-14-12-27(5)13-15-28)29-20-10-6-8-18(24)22(20)26/h6-22H,23-24H2,1-5H3;5-19H,20-22H2,1-4H3;9-10,12-15H,11,16-19H2,1-8H3;6-11H,12-17H2,1-5H3/b22-21+;;;. The molecule has 2 fully saturated rings. The fraction of sp³-hybridized carbons (Fsp3) is 0.416. The van der Waals surface area contributed by atoms with Gasteiger partial charge >= 0.3 is 34.1 Å². The number of likely N-dealkylation sites (N-methyl/N-ethyl adjacent to an activating group) is 1. The summed E-state index contributed by atoms with van der Waals surface area (Å²) in [6, 6.07) is 88.9. The fourth-order valence-corrected chi connectivity index (χ4v) is 36.1. The molecule has 12 aromatic rings. The zero-order chi connectivity index (χ0) is 99.7. The van der Waals surface area contributed by atoms with Gasteiger partial charge in [-0.3, -0.25) is 9.34 Å². The highest BCUT2D eigenvalue weighted by molar-refractivity contribution is 7.50. The highest BCUT2D eigenvalue weighted by Crippen LogP contribution is 2.76. The fourth-order valence-electron chi connectivity index (χ4n) is 30.1. The third kappa shape index (κ3) is 15.8. The summed E-state index contributed by atoms with van der Waals surface area (Å²) in [5, 5.41) is 0. The highest BCUT2D eigenvalue weighted by atomic mass is 31.2. The van der Waals surface area contributed by atoms with Crippen molar-refractivity contribution in [1.29, 1.82) is 0 Å². The minimum Gasteiger partial charge on any atom is -0.427 e. The molecule has 8 aliphatic carbocycles. The molecule has 0 saturated carbocycles. The van der Waals surface area contributed by atoms with E-state index in [1.807, 2.05) is 36.5 Å². The number of piperazine rings is 1. The summed E-state index contributed by atoms with van der Waals surface area (Å²) in [6.45, 7) is 52.5. The van der Waals surface area contributed by atoms with Gasteiger partial charge in [-0.2, -0.15) is 0 Å². The molecule has 18 heteroatoms. The maximum absolute atomic E-state index is 7.08. The number of piperidine rings is 1. The maximum Gasteiger partial charge on any atom is 0.418 e. The van der Waals surface area contributed by atoms with Crippen molar-refractivity contribution >= 4 is 57.8 Å². The van der Waals surface area contributed by atoms with E-state index in [9.17, 15) is 0 Å². The first-order valence-corrected chi connectivity index (χ1v) is 56.8. The summed E-state index contributed by atoms with van der Waals surface area (Å²) in [6.07, 6.45) is 18.4.